The standard InChI is InChI=1S/C11H18N2O4/c14-10(15)9-3-1-2-5-13(9)11(16)12-8-4-6-17-7-8/h8-9H,1-7H2,(H,12,16)(H,14,15)/t8?,9-/m0/s1. The molecule has 0 aliphatic carbocycles. The highest BCUT2D eigenvalue weighted by Crippen LogP contribution is 2.17. The van der Waals surface area contributed by atoms with E-state index in [4.69, 9.17) is 9.84 Å². The molecule has 0 aromatic rings. The normalized spacial score (nSPS) is 29.1. The predicted molar refractivity (Wildman–Crippen MR) is 59.7 cm³/mol. The van der Waals surface area contributed by atoms with Gasteiger partial charge in [-0.2, -0.15) is 0 Å². The maximum Gasteiger partial charge on any atom is 0.326 e. The molecule has 0 bridgehead atoms. The Bertz CT molecular complexity index is 302. The van der Waals surface area contributed by atoms with Gasteiger partial charge in [-0.05, 0) is 25.7 Å². The molecule has 0 radical (unpaired) electrons. The summed E-state index contributed by atoms with van der Waals surface area (Å²) in [5.41, 5.74) is 0. The minimum Gasteiger partial charge on any atom is -0.480 e. The second kappa shape index (κ2) is 5.35. The van der Waals surface area contributed by atoms with Gasteiger partial charge in [0.25, 0.3) is 0 Å². The van der Waals surface area contributed by atoms with E-state index in [-0.39, 0.29) is 12.1 Å². The summed E-state index contributed by atoms with van der Waals surface area (Å²) in [5.74, 6) is -0.914. The third-order valence-corrected chi connectivity index (χ3v) is 3.31. The molecule has 0 aromatic heterocycles. The Balaban J connectivity index is 1.93. The molecule has 0 spiro atoms. The summed E-state index contributed by atoms with van der Waals surface area (Å²) in [7, 11) is 0. The molecule has 96 valence electrons. The Morgan fingerprint density at radius 1 is 1.29 bits per heavy atom. The number of hydrogen-bond donors (Lipinski definition) is 2. The van der Waals surface area contributed by atoms with E-state index < -0.39 is 12.0 Å². The number of hydrogen-bond acceptors (Lipinski definition) is 3. The number of likely N-dealkylation sites (tertiary alicyclic amines) is 1. The van der Waals surface area contributed by atoms with Gasteiger partial charge < -0.3 is 20.1 Å². The van der Waals surface area contributed by atoms with Crippen molar-refractivity contribution < 1.29 is 19.4 Å². The second-order valence-corrected chi connectivity index (χ2v) is 4.55. The molecule has 2 rings (SSSR count). The Kier molecular flexibility index (Phi) is 3.83. The van der Waals surface area contributed by atoms with Crippen LogP contribution in [0.5, 0.6) is 0 Å². The number of nitrogens with one attached hydrogen (secondary N) is 1. The number of carboxylic acids is 1. The number of amides is 2. The molecule has 2 amide bonds. The van der Waals surface area contributed by atoms with Crippen LogP contribution < -0.4 is 5.32 Å². The molecule has 2 fully saturated rings. The molecular weight excluding hydrogens is 224 g/mol. The van der Waals surface area contributed by atoms with Crippen molar-refractivity contribution in [2.24, 2.45) is 0 Å². The van der Waals surface area contributed by atoms with Gasteiger partial charge in [0.15, 0.2) is 0 Å². The van der Waals surface area contributed by atoms with Crippen molar-refractivity contribution in [3.63, 3.8) is 0 Å². The van der Waals surface area contributed by atoms with Gasteiger partial charge in [-0.3, -0.25) is 0 Å². The highest BCUT2D eigenvalue weighted by molar-refractivity contribution is 5.83. The molecule has 0 aromatic carbocycles. The van der Waals surface area contributed by atoms with Crippen LogP contribution in [0.1, 0.15) is 25.7 Å². The largest absolute Gasteiger partial charge is 0.480 e. The second-order valence-electron chi connectivity index (χ2n) is 4.55. The Hall–Kier alpha value is -1.30. The monoisotopic (exact) mass is 242 g/mol. The zero-order valence-electron chi connectivity index (χ0n) is 9.72. The average molecular weight is 242 g/mol. The van der Waals surface area contributed by atoms with Crippen molar-refractivity contribution in [3.05, 3.63) is 0 Å². The lowest BCUT2D eigenvalue weighted by molar-refractivity contribution is -0.143. The molecule has 6 heteroatoms. The minimum atomic E-state index is -0.914. The van der Waals surface area contributed by atoms with Crippen molar-refractivity contribution in [2.75, 3.05) is 19.8 Å². The molecular formula is C11H18N2O4. The van der Waals surface area contributed by atoms with Crippen LogP contribution in [-0.4, -0.2) is 53.8 Å². The zero-order chi connectivity index (χ0) is 12.3. The Morgan fingerprint density at radius 2 is 2.12 bits per heavy atom. The number of carbonyl (C=O) groups excluding carboxylic acids is 1. The van der Waals surface area contributed by atoms with Crippen LogP contribution in [0.15, 0.2) is 0 Å². The third-order valence-electron chi connectivity index (χ3n) is 3.31. The summed E-state index contributed by atoms with van der Waals surface area (Å²) >= 11 is 0. The summed E-state index contributed by atoms with van der Waals surface area (Å²) in [6.45, 7) is 1.71. The van der Waals surface area contributed by atoms with Crippen LogP contribution in [-0.2, 0) is 9.53 Å². The van der Waals surface area contributed by atoms with Gasteiger partial charge in [0, 0.05) is 13.2 Å². The SMILES string of the molecule is O=C(O)[C@@H]1CCCCN1C(=O)NC1CCOC1. The van der Waals surface area contributed by atoms with E-state index in [1.165, 1.54) is 4.90 Å². The number of rotatable bonds is 2. The van der Waals surface area contributed by atoms with Gasteiger partial charge in [0.1, 0.15) is 6.04 Å². The average Bonchev–Trinajstić information content (AvgIpc) is 2.81. The Labute approximate surface area is 99.9 Å². The smallest absolute Gasteiger partial charge is 0.326 e. The number of piperidine rings is 1. The van der Waals surface area contributed by atoms with Crippen LogP contribution in [0.4, 0.5) is 4.79 Å². The number of nitrogens with zero attached hydrogens (tertiary/aromatic N) is 1. The first-order valence-electron chi connectivity index (χ1n) is 6.06. The highest BCUT2D eigenvalue weighted by Gasteiger charge is 2.33. The number of aliphatic carboxylic acids is 1. The van der Waals surface area contributed by atoms with Crippen LogP contribution >= 0.6 is 0 Å². The highest BCUT2D eigenvalue weighted by atomic mass is 16.5. The van der Waals surface area contributed by atoms with E-state index >= 15 is 0 Å². The van der Waals surface area contributed by atoms with E-state index in [1.54, 1.807) is 0 Å². The lowest BCUT2D eigenvalue weighted by Crippen LogP contribution is -2.53. The number of carbonyl (C=O) groups is 2. The van der Waals surface area contributed by atoms with Crippen molar-refractivity contribution in [1.82, 2.24) is 10.2 Å². The van der Waals surface area contributed by atoms with Crippen molar-refractivity contribution in [1.29, 1.82) is 0 Å². The van der Waals surface area contributed by atoms with E-state index in [1.807, 2.05) is 0 Å². The first-order valence-corrected chi connectivity index (χ1v) is 6.06. The van der Waals surface area contributed by atoms with Crippen LogP contribution in [0.3, 0.4) is 0 Å². The molecule has 6 nitrogen and oxygen atoms in total. The minimum absolute atomic E-state index is 0.0267. The summed E-state index contributed by atoms with van der Waals surface area (Å²) in [6, 6.07) is -0.919. The molecule has 2 aliphatic rings. The molecule has 2 saturated heterocycles. The fourth-order valence-electron chi connectivity index (χ4n) is 2.34. The van der Waals surface area contributed by atoms with Gasteiger partial charge in [-0.15, -0.1) is 0 Å². The lowest BCUT2D eigenvalue weighted by Gasteiger charge is -2.33. The van der Waals surface area contributed by atoms with Crippen molar-refractivity contribution in [3.8, 4) is 0 Å². The van der Waals surface area contributed by atoms with E-state index in [9.17, 15) is 9.59 Å². The molecule has 17 heavy (non-hydrogen) atoms. The molecule has 2 aliphatic heterocycles. The summed E-state index contributed by atoms with van der Waals surface area (Å²) < 4.78 is 5.17. The van der Waals surface area contributed by atoms with Gasteiger partial charge >= 0.3 is 12.0 Å². The van der Waals surface area contributed by atoms with E-state index in [0.717, 1.165) is 19.3 Å². The van der Waals surface area contributed by atoms with Crippen LogP contribution in [0, 0.1) is 0 Å². The fourth-order valence-corrected chi connectivity index (χ4v) is 2.34. The van der Waals surface area contributed by atoms with E-state index in [2.05, 4.69) is 5.32 Å². The van der Waals surface area contributed by atoms with Gasteiger partial charge in [0.05, 0.1) is 12.6 Å². The summed E-state index contributed by atoms with van der Waals surface area (Å²) in [6.07, 6.45) is 3.09. The Morgan fingerprint density at radius 3 is 2.76 bits per heavy atom. The number of ether oxygens (including phenoxy) is 1. The summed E-state index contributed by atoms with van der Waals surface area (Å²) in [4.78, 5) is 24.5. The maximum atomic E-state index is 12.0. The van der Waals surface area contributed by atoms with E-state index in [0.29, 0.717) is 26.2 Å². The number of carboxylic acid groups (broad SMARTS) is 1. The van der Waals surface area contributed by atoms with Crippen molar-refractivity contribution in [2.45, 2.75) is 37.8 Å². The lowest BCUT2D eigenvalue weighted by atomic mass is 10.0. The first kappa shape index (κ1) is 12.2. The molecule has 2 N–H and O–H groups in total. The van der Waals surface area contributed by atoms with Crippen molar-refractivity contribution >= 4 is 12.0 Å². The van der Waals surface area contributed by atoms with Gasteiger partial charge in [-0.25, -0.2) is 9.59 Å². The maximum absolute atomic E-state index is 12.0. The van der Waals surface area contributed by atoms with Gasteiger partial charge in [-0.1, -0.05) is 0 Å². The topological polar surface area (TPSA) is 78.9 Å². The summed E-state index contributed by atoms with van der Waals surface area (Å²) in [5, 5.41) is 11.9. The van der Waals surface area contributed by atoms with Gasteiger partial charge in [0.2, 0.25) is 0 Å². The first-order chi connectivity index (χ1) is 8.18. The van der Waals surface area contributed by atoms with Crippen LogP contribution in [0.2, 0.25) is 0 Å². The molecule has 2 atom stereocenters. The number of urea groups is 1. The zero-order valence-corrected chi connectivity index (χ0v) is 9.72. The predicted octanol–water partition coefficient (Wildman–Crippen LogP) is 0.424. The fraction of sp³-hybridized carbons (Fsp3) is 0.818. The molecule has 1 unspecified atom stereocenters. The molecule has 2 heterocycles. The quantitative estimate of drug-likeness (QED) is 0.735. The van der Waals surface area contributed by atoms with Crippen LogP contribution in [0.25, 0.3) is 0 Å². The third kappa shape index (κ3) is 2.88. The molecule has 0 saturated carbocycles.